The Bertz CT molecular complexity index is 541. The number of aliphatic hydroxyl groups excluding tert-OH is 1. The van der Waals surface area contributed by atoms with E-state index in [1.165, 1.54) is 0 Å². The highest BCUT2D eigenvalue weighted by Gasteiger charge is 2.32. The van der Waals surface area contributed by atoms with Crippen LogP contribution in [0.4, 0.5) is 5.69 Å². The van der Waals surface area contributed by atoms with Gasteiger partial charge < -0.3 is 10.4 Å². The van der Waals surface area contributed by atoms with Crippen LogP contribution < -0.4 is 5.32 Å². The third-order valence-electron chi connectivity index (χ3n) is 3.88. The van der Waals surface area contributed by atoms with E-state index in [1.807, 2.05) is 6.92 Å². The van der Waals surface area contributed by atoms with Crippen LogP contribution in [-0.2, 0) is 10.0 Å². The number of nitrogens with zero attached hydrogens (tertiary/aromatic N) is 1. The van der Waals surface area contributed by atoms with Gasteiger partial charge in [-0.15, -0.1) is 0 Å². The summed E-state index contributed by atoms with van der Waals surface area (Å²) in [6.45, 7) is 3.37. The first kappa shape index (κ1) is 16.3. The molecule has 1 aromatic carbocycles. The van der Waals surface area contributed by atoms with Crippen LogP contribution in [0.25, 0.3) is 0 Å². The summed E-state index contributed by atoms with van der Waals surface area (Å²) in [5.41, 5.74) is 0.919. The summed E-state index contributed by atoms with van der Waals surface area (Å²) in [6.07, 6.45) is 3.25. The van der Waals surface area contributed by atoms with E-state index in [0.717, 1.165) is 31.5 Å². The van der Waals surface area contributed by atoms with E-state index in [4.69, 9.17) is 5.11 Å². The molecule has 0 bridgehead atoms. The lowest BCUT2D eigenvalue weighted by Gasteiger charge is -2.34. The molecule has 21 heavy (non-hydrogen) atoms. The first-order valence-corrected chi connectivity index (χ1v) is 9.00. The fourth-order valence-corrected chi connectivity index (χ4v) is 4.54. The van der Waals surface area contributed by atoms with Crippen LogP contribution in [0.3, 0.4) is 0 Å². The van der Waals surface area contributed by atoms with Crippen LogP contribution in [-0.4, -0.2) is 43.6 Å². The standard InChI is InChI=1S/C15H24N2O3S/c1-2-16-13-6-8-15(9-7-13)21(19,20)17-11-4-3-5-14(17)10-12-18/h6-9,14,16,18H,2-5,10-12H2,1H3. The molecule has 5 nitrogen and oxygen atoms in total. The highest BCUT2D eigenvalue weighted by molar-refractivity contribution is 7.89. The smallest absolute Gasteiger partial charge is 0.243 e. The number of sulfonamides is 1. The molecular weight excluding hydrogens is 288 g/mol. The average molecular weight is 312 g/mol. The largest absolute Gasteiger partial charge is 0.396 e. The van der Waals surface area contributed by atoms with Crippen LogP contribution >= 0.6 is 0 Å². The Labute approximate surface area is 127 Å². The van der Waals surface area contributed by atoms with Crippen LogP contribution in [0, 0.1) is 0 Å². The maximum Gasteiger partial charge on any atom is 0.243 e. The molecule has 0 aromatic heterocycles. The number of anilines is 1. The fourth-order valence-electron chi connectivity index (χ4n) is 2.81. The van der Waals surface area contributed by atoms with Gasteiger partial charge in [0, 0.05) is 31.4 Å². The predicted molar refractivity (Wildman–Crippen MR) is 83.8 cm³/mol. The number of nitrogens with one attached hydrogen (secondary N) is 1. The van der Waals surface area contributed by atoms with E-state index >= 15 is 0 Å². The van der Waals surface area contributed by atoms with Gasteiger partial charge in [0.2, 0.25) is 10.0 Å². The minimum atomic E-state index is -3.47. The zero-order chi connectivity index (χ0) is 15.3. The molecule has 2 rings (SSSR count). The number of piperidine rings is 1. The normalized spacial score (nSPS) is 20.4. The predicted octanol–water partition coefficient (Wildman–Crippen LogP) is 2.04. The van der Waals surface area contributed by atoms with Crippen molar-refractivity contribution in [3.05, 3.63) is 24.3 Å². The van der Waals surface area contributed by atoms with Crippen molar-refractivity contribution in [1.29, 1.82) is 0 Å². The second-order valence-corrected chi connectivity index (χ2v) is 7.22. The van der Waals surface area contributed by atoms with Crippen LogP contribution in [0.15, 0.2) is 29.2 Å². The molecule has 6 heteroatoms. The van der Waals surface area contributed by atoms with Gasteiger partial charge in [0.15, 0.2) is 0 Å². The van der Waals surface area contributed by atoms with Crippen molar-refractivity contribution in [2.45, 2.75) is 43.5 Å². The third kappa shape index (κ3) is 3.75. The summed E-state index contributed by atoms with van der Waals surface area (Å²) in [7, 11) is -3.47. The van der Waals surface area contributed by atoms with Crippen molar-refractivity contribution in [3.63, 3.8) is 0 Å². The minimum absolute atomic E-state index is 0.0239. The molecular formula is C15H24N2O3S. The number of rotatable bonds is 6. The van der Waals surface area contributed by atoms with Crippen LogP contribution in [0.2, 0.25) is 0 Å². The van der Waals surface area contributed by atoms with E-state index in [-0.39, 0.29) is 12.6 Å². The Morgan fingerprint density at radius 1 is 1.29 bits per heavy atom. The molecule has 1 fully saturated rings. The molecule has 1 aromatic rings. The van der Waals surface area contributed by atoms with Gasteiger partial charge in [-0.25, -0.2) is 8.42 Å². The van der Waals surface area contributed by atoms with Crippen molar-refractivity contribution in [2.75, 3.05) is 25.0 Å². The maximum atomic E-state index is 12.8. The van der Waals surface area contributed by atoms with Gasteiger partial charge >= 0.3 is 0 Å². The Balaban J connectivity index is 2.22. The summed E-state index contributed by atoms with van der Waals surface area (Å²) in [4.78, 5) is 0.328. The molecule has 0 aliphatic carbocycles. The summed E-state index contributed by atoms with van der Waals surface area (Å²) in [5, 5.41) is 12.3. The molecule has 1 heterocycles. The molecule has 1 saturated heterocycles. The molecule has 1 aliphatic heterocycles. The maximum absolute atomic E-state index is 12.8. The SMILES string of the molecule is CCNc1ccc(S(=O)(=O)N2CCCCC2CCO)cc1. The van der Waals surface area contributed by atoms with E-state index in [2.05, 4.69) is 5.32 Å². The summed E-state index contributed by atoms with van der Waals surface area (Å²) in [6, 6.07) is 6.81. The molecule has 1 aliphatic rings. The van der Waals surface area contributed by atoms with Gasteiger partial charge in [0.1, 0.15) is 0 Å². The lowest BCUT2D eigenvalue weighted by atomic mass is 10.0. The Morgan fingerprint density at radius 2 is 2.00 bits per heavy atom. The van der Waals surface area contributed by atoms with Crippen molar-refractivity contribution in [1.82, 2.24) is 4.31 Å². The topological polar surface area (TPSA) is 69.6 Å². The van der Waals surface area contributed by atoms with Gasteiger partial charge in [-0.2, -0.15) is 4.31 Å². The van der Waals surface area contributed by atoms with E-state index in [0.29, 0.717) is 17.9 Å². The van der Waals surface area contributed by atoms with Crippen molar-refractivity contribution in [2.24, 2.45) is 0 Å². The summed E-state index contributed by atoms with van der Waals surface area (Å²) in [5.74, 6) is 0. The Kier molecular flexibility index (Phi) is 5.61. The van der Waals surface area contributed by atoms with Gasteiger partial charge in [0.05, 0.1) is 4.90 Å². The number of benzene rings is 1. The van der Waals surface area contributed by atoms with E-state index in [9.17, 15) is 8.42 Å². The van der Waals surface area contributed by atoms with Crippen LogP contribution in [0.5, 0.6) is 0 Å². The lowest BCUT2D eigenvalue weighted by molar-refractivity contribution is 0.192. The number of aliphatic hydroxyl groups is 1. The quantitative estimate of drug-likeness (QED) is 0.843. The Hall–Kier alpha value is -1.11. The highest BCUT2D eigenvalue weighted by Crippen LogP contribution is 2.27. The van der Waals surface area contributed by atoms with Crippen molar-refractivity contribution in [3.8, 4) is 0 Å². The summed E-state index contributed by atoms with van der Waals surface area (Å²) >= 11 is 0. The molecule has 2 N–H and O–H groups in total. The lowest BCUT2D eigenvalue weighted by Crippen LogP contribution is -2.44. The van der Waals surface area contributed by atoms with Gasteiger partial charge in [-0.1, -0.05) is 6.42 Å². The molecule has 0 radical (unpaired) electrons. The minimum Gasteiger partial charge on any atom is -0.396 e. The molecule has 0 amide bonds. The second kappa shape index (κ2) is 7.24. The molecule has 0 spiro atoms. The third-order valence-corrected chi connectivity index (χ3v) is 5.84. The first-order valence-electron chi connectivity index (χ1n) is 7.56. The van der Waals surface area contributed by atoms with E-state index < -0.39 is 10.0 Å². The fraction of sp³-hybridized carbons (Fsp3) is 0.600. The first-order chi connectivity index (χ1) is 10.1. The number of hydrogen-bond acceptors (Lipinski definition) is 4. The second-order valence-electron chi connectivity index (χ2n) is 5.33. The van der Waals surface area contributed by atoms with Gasteiger partial charge in [-0.3, -0.25) is 0 Å². The molecule has 0 saturated carbocycles. The molecule has 1 unspecified atom stereocenters. The zero-order valence-corrected chi connectivity index (χ0v) is 13.3. The monoisotopic (exact) mass is 312 g/mol. The van der Waals surface area contributed by atoms with Crippen molar-refractivity contribution < 1.29 is 13.5 Å². The van der Waals surface area contributed by atoms with Gasteiger partial charge in [-0.05, 0) is 50.5 Å². The summed E-state index contributed by atoms with van der Waals surface area (Å²) < 4.78 is 27.1. The van der Waals surface area contributed by atoms with Crippen LogP contribution in [0.1, 0.15) is 32.6 Å². The molecule has 118 valence electrons. The highest BCUT2D eigenvalue weighted by atomic mass is 32.2. The number of hydrogen-bond donors (Lipinski definition) is 2. The van der Waals surface area contributed by atoms with Crippen molar-refractivity contribution >= 4 is 15.7 Å². The zero-order valence-electron chi connectivity index (χ0n) is 12.5. The Morgan fingerprint density at radius 3 is 2.62 bits per heavy atom. The van der Waals surface area contributed by atoms with E-state index in [1.54, 1.807) is 28.6 Å². The average Bonchev–Trinajstić information content (AvgIpc) is 2.49. The van der Waals surface area contributed by atoms with Gasteiger partial charge in [0.25, 0.3) is 0 Å². The molecule has 1 atom stereocenters.